The van der Waals surface area contributed by atoms with Gasteiger partial charge in [-0.05, 0) is 13.8 Å². The number of aromatic nitrogens is 3. The Morgan fingerprint density at radius 2 is 2.15 bits per heavy atom. The molecule has 0 bridgehead atoms. The van der Waals surface area contributed by atoms with E-state index in [9.17, 15) is 4.79 Å². The van der Waals surface area contributed by atoms with Gasteiger partial charge in [0.2, 0.25) is 11.8 Å². The first-order valence-corrected chi connectivity index (χ1v) is 7.97. The number of nitrogens with zero attached hydrogens (tertiary/aromatic N) is 3. The third-order valence-electron chi connectivity index (χ3n) is 2.57. The van der Waals surface area contributed by atoms with Crippen LogP contribution in [0.2, 0.25) is 0 Å². The molecule has 2 aromatic heterocycles. The van der Waals surface area contributed by atoms with Crippen molar-refractivity contribution in [3.05, 3.63) is 21.5 Å². The molecule has 108 valence electrons. The number of hydrogen-bond acceptors (Lipinski definition) is 7. The van der Waals surface area contributed by atoms with E-state index in [0.717, 1.165) is 17.1 Å². The van der Waals surface area contributed by atoms with Gasteiger partial charge in [0, 0.05) is 24.8 Å². The summed E-state index contributed by atoms with van der Waals surface area (Å²) in [7, 11) is 0. The van der Waals surface area contributed by atoms with Crippen molar-refractivity contribution in [2.45, 2.75) is 32.4 Å². The molecule has 0 spiro atoms. The van der Waals surface area contributed by atoms with E-state index in [2.05, 4.69) is 27.4 Å². The Morgan fingerprint density at radius 3 is 2.75 bits per heavy atom. The summed E-state index contributed by atoms with van der Waals surface area (Å²) in [6.45, 7) is 6.36. The minimum Gasteiger partial charge on any atom is -0.416 e. The number of thiazole rings is 1. The maximum absolute atomic E-state index is 11.6. The molecule has 0 aliphatic carbocycles. The molecule has 0 aliphatic rings. The van der Waals surface area contributed by atoms with Crippen molar-refractivity contribution in [1.29, 1.82) is 0 Å². The molecule has 0 unspecified atom stereocenters. The van der Waals surface area contributed by atoms with E-state index < -0.39 is 0 Å². The Kier molecular flexibility index (Phi) is 5.13. The average molecular weight is 312 g/mol. The summed E-state index contributed by atoms with van der Waals surface area (Å²) in [6.07, 6.45) is 0.759. The highest BCUT2D eigenvalue weighted by Crippen LogP contribution is 2.17. The van der Waals surface area contributed by atoms with E-state index >= 15 is 0 Å². The standard InChI is InChI=1S/C12H16N4O2S2/c1-7-8(2)20-11(14-7)4-5-13-10(17)6-19-12-16-15-9(3)18-12/h4-6H2,1-3H3,(H,13,17). The van der Waals surface area contributed by atoms with Crippen LogP contribution in [-0.2, 0) is 11.2 Å². The van der Waals surface area contributed by atoms with Crippen molar-refractivity contribution in [1.82, 2.24) is 20.5 Å². The van der Waals surface area contributed by atoms with Crippen LogP contribution < -0.4 is 5.32 Å². The highest BCUT2D eigenvalue weighted by molar-refractivity contribution is 7.99. The topological polar surface area (TPSA) is 80.9 Å². The minimum absolute atomic E-state index is 0.0455. The molecule has 1 amide bonds. The van der Waals surface area contributed by atoms with Crippen molar-refractivity contribution in [3.63, 3.8) is 0 Å². The summed E-state index contributed by atoms with van der Waals surface area (Å²) in [6, 6.07) is 0. The lowest BCUT2D eigenvalue weighted by Gasteiger charge is -2.01. The fourth-order valence-electron chi connectivity index (χ4n) is 1.47. The van der Waals surface area contributed by atoms with Gasteiger partial charge >= 0.3 is 0 Å². The van der Waals surface area contributed by atoms with Gasteiger partial charge in [-0.1, -0.05) is 11.8 Å². The molecule has 0 saturated carbocycles. The summed E-state index contributed by atoms with van der Waals surface area (Å²) in [5, 5.41) is 11.8. The predicted molar refractivity (Wildman–Crippen MR) is 78.1 cm³/mol. The Bertz CT molecular complexity index is 575. The first-order valence-electron chi connectivity index (χ1n) is 6.17. The van der Waals surface area contributed by atoms with Gasteiger partial charge in [-0.3, -0.25) is 4.79 Å². The molecule has 6 nitrogen and oxygen atoms in total. The van der Waals surface area contributed by atoms with E-state index in [4.69, 9.17) is 4.42 Å². The lowest BCUT2D eigenvalue weighted by Crippen LogP contribution is -2.27. The molecule has 0 atom stereocenters. The summed E-state index contributed by atoms with van der Waals surface area (Å²) < 4.78 is 5.18. The summed E-state index contributed by atoms with van der Waals surface area (Å²) in [4.78, 5) is 17.3. The molecule has 1 N–H and O–H groups in total. The Hall–Kier alpha value is -1.41. The van der Waals surface area contributed by atoms with Crippen LogP contribution in [0.25, 0.3) is 0 Å². The largest absolute Gasteiger partial charge is 0.416 e. The zero-order valence-electron chi connectivity index (χ0n) is 11.6. The number of thioether (sulfide) groups is 1. The van der Waals surface area contributed by atoms with Crippen molar-refractivity contribution >= 4 is 29.0 Å². The monoisotopic (exact) mass is 312 g/mol. The number of amides is 1. The number of nitrogens with one attached hydrogen (secondary N) is 1. The zero-order valence-corrected chi connectivity index (χ0v) is 13.2. The maximum atomic E-state index is 11.6. The van der Waals surface area contributed by atoms with E-state index in [1.807, 2.05) is 6.92 Å². The molecule has 0 radical (unpaired) electrons. The molecular formula is C12H16N4O2S2. The number of rotatable bonds is 6. The van der Waals surface area contributed by atoms with Crippen LogP contribution >= 0.6 is 23.1 Å². The van der Waals surface area contributed by atoms with Crippen LogP contribution in [0.1, 0.15) is 21.5 Å². The molecule has 8 heteroatoms. The summed E-state index contributed by atoms with van der Waals surface area (Å²) >= 11 is 2.91. The van der Waals surface area contributed by atoms with Crippen molar-refractivity contribution in [2.75, 3.05) is 12.3 Å². The lowest BCUT2D eigenvalue weighted by molar-refractivity contribution is -0.118. The first kappa shape index (κ1) is 15.0. The quantitative estimate of drug-likeness (QED) is 0.821. The second-order valence-corrected chi connectivity index (χ2v) is 6.44. The van der Waals surface area contributed by atoms with Crippen LogP contribution in [0.4, 0.5) is 0 Å². The third-order valence-corrected chi connectivity index (χ3v) is 4.52. The van der Waals surface area contributed by atoms with Gasteiger partial charge in [0.05, 0.1) is 16.5 Å². The number of aryl methyl sites for hydroxylation is 3. The summed E-state index contributed by atoms with van der Waals surface area (Å²) in [5.41, 5.74) is 1.07. The normalized spacial score (nSPS) is 10.8. The van der Waals surface area contributed by atoms with Gasteiger partial charge in [0.25, 0.3) is 5.22 Å². The zero-order chi connectivity index (χ0) is 14.5. The molecule has 2 rings (SSSR count). The van der Waals surface area contributed by atoms with Crippen molar-refractivity contribution in [3.8, 4) is 0 Å². The Balaban J connectivity index is 1.67. The molecule has 0 aromatic carbocycles. The number of hydrogen-bond donors (Lipinski definition) is 1. The predicted octanol–water partition coefficient (Wildman–Crippen LogP) is 1.90. The third kappa shape index (κ3) is 4.31. The maximum Gasteiger partial charge on any atom is 0.277 e. The van der Waals surface area contributed by atoms with Gasteiger partial charge in [-0.2, -0.15) is 0 Å². The molecule has 2 aromatic rings. The summed E-state index contributed by atoms with van der Waals surface area (Å²) in [5.74, 6) is 0.732. The highest BCUT2D eigenvalue weighted by atomic mass is 32.2. The van der Waals surface area contributed by atoms with Crippen molar-refractivity contribution < 1.29 is 9.21 Å². The van der Waals surface area contributed by atoms with Gasteiger partial charge < -0.3 is 9.73 Å². The molecule has 2 heterocycles. The molecular weight excluding hydrogens is 296 g/mol. The van der Waals surface area contributed by atoms with Gasteiger partial charge in [-0.15, -0.1) is 21.5 Å². The SMILES string of the molecule is Cc1nnc(SCC(=O)NCCc2nc(C)c(C)s2)o1. The van der Waals surface area contributed by atoms with E-state index in [1.54, 1.807) is 18.3 Å². The second kappa shape index (κ2) is 6.85. The van der Waals surface area contributed by atoms with E-state index in [0.29, 0.717) is 17.7 Å². The fourth-order valence-corrected chi connectivity index (χ4v) is 3.04. The molecule has 0 saturated heterocycles. The average Bonchev–Trinajstić information content (AvgIpc) is 2.94. The Morgan fingerprint density at radius 1 is 1.35 bits per heavy atom. The highest BCUT2D eigenvalue weighted by Gasteiger charge is 2.08. The molecule has 20 heavy (non-hydrogen) atoms. The second-order valence-electron chi connectivity index (χ2n) is 4.22. The Labute approximate surface area is 125 Å². The minimum atomic E-state index is -0.0455. The lowest BCUT2D eigenvalue weighted by atomic mass is 10.4. The first-order chi connectivity index (χ1) is 9.54. The van der Waals surface area contributed by atoms with E-state index in [1.165, 1.54) is 16.6 Å². The van der Waals surface area contributed by atoms with Crippen LogP contribution in [0.5, 0.6) is 0 Å². The van der Waals surface area contributed by atoms with Crippen LogP contribution in [0, 0.1) is 20.8 Å². The van der Waals surface area contributed by atoms with Gasteiger partial charge in [-0.25, -0.2) is 4.98 Å². The fraction of sp³-hybridized carbons (Fsp3) is 0.500. The number of carbonyl (C=O) groups excluding carboxylic acids is 1. The molecule has 0 aliphatic heterocycles. The smallest absolute Gasteiger partial charge is 0.277 e. The number of carbonyl (C=O) groups is 1. The van der Waals surface area contributed by atoms with Crippen LogP contribution in [0.15, 0.2) is 9.64 Å². The van der Waals surface area contributed by atoms with Crippen LogP contribution in [-0.4, -0.2) is 33.4 Å². The van der Waals surface area contributed by atoms with E-state index in [-0.39, 0.29) is 11.7 Å². The molecule has 0 fully saturated rings. The van der Waals surface area contributed by atoms with Gasteiger partial charge in [0.15, 0.2) is 0 Å². The van der Waals surface area contributed by atoms with Crippen molar-refractivity contribution in [2.24, 2.45) is 0 Å². The van der Waals surface area contributed by atoms with Crippen LogP contribution in [0.3, 0.4) is 0 Å². The van der Waals surface area contributed by atoms with Gasteiger partial charge in [0.1, 0.15) is 0 Å².